The quantitative estimate of drug-likeness (QED) is 0.0222. The molecule has 17 nitrogen and oxygen atoms in total. The summed E-state index contributed by atoms with van der Waals surface area (Å²) in [6.45, 7) is 11.9. The number of hydrogen-bond acceptors (Lipinski definition) is 15. The Labute approximate surface area is 600 Å². The van der Waals surface area contributed by atoms with Crippen LogP contribution in [0.5, 0.6) is 0 Å². The zero-order valence-electron chi connectivity index (χ0n) is 64.3. The number of phosphoric ester groups is 2. The Balaban J connectivity index is 5.22. The zero-order chi connectivity index (χ0) is 72.3. The molecule has 5 atom stereocenters. The third kappa shape index (κ3) is 72.4. The first-order valence-electron chi connectivity index (χ1n) is 40.8. The van der Waals surface area contributed by atoms with Crippen molar-refractivity contribution in [1.82, 2.24) is 0 Å². The van der Waals surface area contributed by atoms with Crippen molar-refractivity contribution in [2.24, 2.45) is 17.8 Å². The fourth-order valence-electron chi connectivity index (χ4n) is 12.1. The largest absolute Gasteiger partial charge is 0.472 e. The molecule has 0 saturated carbocycles. The van der Waals surface area contributed by atoms with Gasteiger partial charge in [0.05, 0.1) is 26.4 Å². The summed E-state index contributed by atoms with van der Waals surface area (Å²) in [5, 5.41) is 10.6. The molecule has 0 aliphatic heterocycles. The Hall–Kier alpha value is -1.94. The van der Waals surface area contributed by atoms with Gasteiger partial charge in [0.25, 0.3) is 0 Å². The van der Waals surface area contributed by atoms with Gasteiger partial charge >= 0.3 is 39.5 Å². The second-order valence-electron chi connectivity index (χ2n) is 29.9. The molecule has 0 heterocycles. The van der Waals surface area contributed by atoms with Crippen LogP contribution in [0, 0.1) is 17.8 Å². The van der Waals surface area contributed by atoms with E-state index < -0.39 is 97.5 Å². The predicted molar refractivity (Wildman–Crippen MR) is 400 cm³/mol. The van der Waals surface area contributed by atoms with Gasteiger partial charge in [0.15, 0.2) is 12.2 Å². The second-order valence-corrected chi connectivity index (χ2v) is 32.8. The van der Waals surface area contributed by atoms with Crippen molar-refractivity contribution in [3.63, 3.8) is 0 Å². The van der Waals surface area contributed by atoms with Gasteiger partial charge in [0.2, 0.25) is 0 Å². The number of unbranched alkanes of at least 4 members (excludes halogenated alkanes) is 45. The number of carbonyl (C=O) groups is 4. The van der Waals surface area contributed by atoms with Gasteiger partial charge in [-0.3, -0.25) is 37.3 Å². The van der Waals surface area contributed by atoms with Crippen LogP contribution in [0.15, 0.2) is 0 Å². The van der Waals surface area contributed by atoms with E-state index in [4.69, 9.17) is 37.0 Å². The Bertz CT molecular complexity index is 1900. The molecule has 0 aliphatic carbocycles. The van der Waals surface area contributed by atoms with Gasteiger partial charge in [0, 0.05) is 25.7 Å². The highest BCUT2D eigenvalue weighted by molar-refractivity contribution is 7.47. The maximum Gasteiger partial charge on any atom is 0.472 e. The van der Waals surface area contributed by atoms with E-state index in [1.54, 1.807) is 0 Å². The molecule has 0 fully saturated rings. The Morgan fingerprint density at radius 3 is 0.694 bits per heavy atom. The number of ether oxygens (including phenoxy) is 4. The highest BCUT2D eigenvalue weighted by atomic mass is 31.2. The molecule has 0 spiro atoms. The van der Waals surface area contributed by atoms with Crippen molar-refractivity contribution in [2.45, 2.75) is 426 Å². The first-order valence-corrected chi connectivity index (χ1v) is 43.8. The molecule has 0 radical (unpaired) electrons. The molecule has 0 amide bonds. The highest BCUT2D eigenvalue weighted by Crippen LogP contribution is 2.45. The van der Waals surface area contributed by atoms with Crippen molar-refractivity contribution in [3.8, 4) is 0 Å². The Kier molecular flexibility index (Phi) is 68.1. The summed E-state index contributed by atoms with van der Waals surface area (Å²) >= 11 is 0. The van der Waals surface area contributed by atoms with Crippen LogP contribution < -0.4 is 0 Å². The maximum atomic E-state index is 13.1. The minimum Gasteiger partial charge on any atom is -0.462 e. The van der Waals surface area contributed by atoms with Crippen LogP contribution in [0.3, 0.4) is 0 Å². The second kappa shape index (κ2) is 69.4. The minimum absolute atomic E-state index is 0.105. The summed E-state index contributed by atoms with van der Waals surface area (Å²) in [5.41, 5.74) is 0. The van der Waals surface area contributed by atoms with E-state index in [0.717, 1.165) is 108 Å². The lowest BCUT2D eigenvalue weighted by Crippen LogP contribution is -2.30. The van der Waals surface area contributed by atoms with Gasteiger partial charge in [-0.1, -0.05) is 357 Å². The van der Waals surface area contributed by atoms with Crippen LogP contribution in [0.4, 0.5) is 0 Å². The highest BCUT2D eigenvalue weighted by Gasteiger charge is 2.30. The summed E-state index contributed by atoms with van der Waals surface area (Å²) in [5.74, 6) is 0.118. The molecule has 19 heteroatoms. The smallest absolute Gasteiger partial charge is 0.462 e. The standard InChI is InChI=1S/C79H154O17P2/c1-8-9-10-11-12-13-14-15-16-17-18-21-24-27-33-38-46-53-60-76(81)89-66-74(95-78(83)62-55-48-39-34-28-25-22-19-20-23-26-31-36-43-50-57-70(2)3)68-93-97(85,86)91-64-73(80)65-92-98(87,88)94-69-75(67-90-77(82)61-54-47-42-41-45-52-59-72(6)7)96-79(84)63-56-49-40-35-30-29-32-37-44-51-58-71(4)5/h70-75,80H,8-69H2,1-7H3,(H,85,86)(H,87,88)/t73-,74-,75-/m1/s1. The number of aliphatic hydroxyl groups is 1. The van der Waals surface area contributed by atoms with E-state index in [-0.39, 0.29) is 25.7 Å². The molecule has 2 unspecified atom stereocenters. The van der Waals surface area contributed by atoms with Crippen LogP contribution in [-0.2, 0) is 65.4 Å². The third-order valence-corrected chi connectivity index (χ3v) is 20.3. The number of phosphoric acid groups is 2. The van der Waals surface area contributed by atoms with Crippen LogP contribution in [0.2, 0.25) is 0 Å². The van der Waals surface area contributed by atoms with Crippen LogP contribution in [-0.4, -0.2) is 96.7 Å². The Morgan fingerprint density at radius 1 is 0.276 bits per heavy atom. The SMILES string of the molecule is CCCCCCCCCCCCCCCCCCCCC(=O)OC[C@H](COP(=O)(O)OC[C@@H](O)COP(=O)(O)OC[C@@H](COC(=O)CCCCCCCCC(C)C)OC(=O)CCCCCCCCCCCCC(C)C)OC(=O)CCCCCCCCCCCCCCCCCC(C)C. The number of rotatable bonds is 77. The van der Waals surface area contributed by atoms with E-state index in [1.807, 2.05) is 0 Å². The number of esters is 4. The number of carbonyl (C=O) groups excluding carboxylic acids is 4. The molecule has 0 bridgehead atoms. The molecule has 0 saturated heterocycles. The van der Waals surface area contributed by atoms with Gasteiger partial charge in [-0.25, -0.2) is 9.13 Å². The summed E-state index contributed by atoms with van der Waals surface area (Å²) < 4.78 is 68.6. The van der Waals surface area contributed by atoms with E-state index in [0.29, 0.717) is 31.6 Å². The molecular formula is C79H154O17P2. The third-order valence-electron chi connectivity index (χ3n) is 18.4. The van der Waals surface area contributed by atoms with E-state index >= 15 is 0 Å². The van der Waals surface area contributed by atoms with E-state index in [9.17, 15) is 43.2 Å². The average molecular weight is 1440 g/mol. The van der Waals surface area contributed by atoms with Gasteiger partial charge < -0.3 is 33.8 Å². The molecular weight excluding hydrogens is 1280 g/mol. The van der Waals surface area contributed by atoms with E-state index in [1.165, 1.54) is 212 Å². The van der Waals surface area contributed by atoms with E-state index in [2.05, 4.69) is 48.5 Å². The summed E-state index contributed by atoms with van der Waals surface area (Å²) in [4.78, 5) is 72.9. The van der Waals surface area contributed by atoms with Crippen molar-refractivity contribution in [1.29, 1.82) is 0 Å². The minimum atomic E-state index is -4.96. The van der Waals surface area contributed by atoms with Gasteiger partial charge in [-0.05, 0) is 43.4 Å². The van der Waals surface area contributed by atoms with Crippen LogP contribution in [0.1, 0.15) is 408 Å². The van der Waals surface area contributed by atoms with Crippen molar-refractivity contribution < 1.29 is 80.2 Å². The molecule has 582 valence electrons. The number of aliphatic hydroxyl groups excluding tert-OH is 1. The lowest BCUT2D eigenvalue weighted by Gasteiger charge is -2.21. The molecule has 0 aromatic carbocycles. The molecule has 0 aromatic rings. The lowest BCUT2D eigenvalue weighted by atomic mass is 10.0. The van der Waals surface area contributed by atoms with Crippen molar-refractivity contribution >= 4 is 39.5 Å². The van der Waals surface area contributed by atoms with Gasteiger partial charge in [-0.15, -0.1) is 0 Å². The molecule has 0 aliphatic rings. The monoisotopic (exact) mass is 1440 g/mol. The van der Waals surface area contributed by atoms with Gasteiger partial charge in [0.1, 0.15) is 19.3 Å². The van der Waals surface area contributed by atoms with Crippen LogP contribution in [0.25, 0.3) is 0 Å². The van der Waals surface area contributed by atoms with Gasteiger partial charge in [-0.2, -0.15) is 0 Å². The van der Waals surface area contributed by atoms with Crippen LogP contribution >= 0.6 is 15.6 Å². The topological polar surface area (TPSA) is 237 Å². The first-order chi connectivity index (χ1) is 47.2. The number of hydrogen-bond donors (Lipinski definition) is 3. The normalized spacial score (nSPS) is 14.0. The summed E-state index contributed by atoms with van der Waals surface area (Å²) in [6, 6.07) is 0. The maximum absolute atomic E-state index is 13.1. The van der Waals surface area contributed by atoms with Crippen molar-refractivity contribution in [2.75, 3.05) is 39.6 Å². The van der Waals surface area contributed by atoms with Crippen molar-refractivity contribution in [3.05, 3.63) is 0 Å². The molecule has 0 aromatic heterocycles. The summed E-state index contributed by atoms with van der Waals surface area (Å²) in [7, 11) is -9.92. The fraction of sp³-hybridized carbons (Fsp3) is 0.949. The fourth-order valence-corrected chi connectivity index (χ4v) is 13.7. The average Bonchev–Trinajstić information content (AvgIpc) is 0.956. The molecule has 0 rings (SSSR count). The Morgan fingerprint density at radius 2 is 0.469 bits per heavy atom. The first kappa shape index (κ1) is 96.1. The molecule has 3 N–H and O–H groups in total. The summed E-state index contributed by atoms with van der Waals surface area (Å²) in [6.07, 6.45) is 57.1. The zero-order valence-corrected chi connectivity index (χ0v) is 66.0. The lowest BCUT2D eigenvalue weighted by molar-refractivity contribution is -0.161. The predicted octanol–water partition coefficient (Wildman–Crippen LogP) is 23.4. The molecule has 98 heavy (non-hydrogen) atoms.